The lowest BCUT2D eigenvalue weighted by Crippen LogP contribution is -2.38. The average Bonchev–Trinajstić information content (AvgIpc) is 2.26. The van der Waals surface area contributed by atoms with Crippen molar-refractivity contribution in [2.24, 2.45) is 0 Å². The number of para-hydroxylation sites is 1. The number of ether oxygens (including phenoxy) is 2. The van der Waals surface area contributed by atoms with Crippen molar-refractivity contribution in [2.45, 2.75) is 31.9 Å². The lowest BCUT2D eigenvalue weighted by molar-refractivity contribution is 0.0637. The fourth-order valence-electron chi connectivity index (χ4n) is 2.25. The summed E-state index contributed by atoms with van der Waals surface area (Å²) >= 11 is 0. The van der Waals surface area contributed by atoms with E-state index in [4.69, 9.17) is 9.47 Å². The molecule has 0 bridgehead atoms. The van der Waals surface area contributed by atoms with Gasteiger partial charge < -0.3 is 14.8 Å². The third-order valence-corrected chi connectivity index (χ3v) is 3.03. The number of hydrogen-bond donors (Lipinski definition) is 1. The Balaban J connectivity index is 2.49. The molecule has 0 fully saturated rings. The van der Waals surface area contributed by atoms with E-state index in [-0.39, 0.29) is 5.60 Å². The van der Waals surface area contributed by atoms with Crippen LogP contribution in [-0.4, -0.2) is 19.8 Å². The maximum absolute atomic E-state index is 6.01. The van der Waals surface area contributed by atoms with Crippen LogP contribution in [0.2, 0.25) is 0 Å². The zero-order chi connectivity index (χ0) is 11.8. The van der Waals surface area contributed by atoms with Crippen molar-refractivity contribution in [1.29, 1.82) is 0 Å². The standard InChI is InChI=1S/C13H19NO2/c1-13(2)8-10(14-3)9-6-5-7-11(15-4)12(9)16-13/h5-7,10,14H,8H2,1-4H3. The van der Waals surface area contributed by atoms with E-state index >= 15 is 0 Å². The van der Waals surface area contributed by atoms with Gasteiger partial charge in [-0.15, -0.1) is 0 Å². The van der Waals surface area contributed by atoms with Gasteiger partial charge >= 0.3 is 0 Å². The van der Waals surface area contributed by atoms with Gasteiger partial charge in [0.2, 0.25) is 0 Å². The molecular weight excluding hydrogens is 202 g/mol. The van der Waals surface area contributed by atoms with Crippen LogP contribution in [0.5, 0.6) is 11.5 Å². The van der Waals surface area contributed by atoms with E-state index in [0.717, 1.165) is 17.9 Å². The topological polar surface area (TPSA) is 30.5 Å². The summed E-state index contributed by atoms with van der Waals surface area (Å²) < 4.78 is 11.4. The molecule has 3 nitrogen and oxygen atoms in total. The second-order valence-corrected chi connectivity index (χ2v) is 4.79. The van der Waals surface area contributed by atoms with Crippen molar-refractivity contribution in [3.05, 3.63) is 23.8 Å². The quantitative estimate of drug-likeness (QED) is 0.832. The molecule has 0 aliphatic carbocycles. The second kappa shape index (κ2) is 3.98. The van der Waals surface area contributed by atoms with Gasteiger partial charge in [-0.25, -0.2) is 0 Å². The molecule has 0 spiro atoms. The number of benzene rings is 1. The zero-order valence-electron chi connectivity index (χ0n) is 10.3. The van der Waals surface area contributed by atoms with E-state index in [9.17, 15) is 0 Å². The predicted octanol–water partition coefficient (Wildman–Crippen LogP) is 2.52. The highest BCUT2D eigenvalue weighted by molar-refractivity contribution is 5.49. The third kappa shape index (κ3) is 1.87. The zero-order valence-corrected chi connectivity index (χ0v) is 10.3. The van der Waals surface area contributed by atoms with Gasteiger partial charge in [0.25, 0.3) is 0 Å². The summed E-state index contributed by atoms with van der Waals surface area (Å²) in [6.07, 6.45) is 0.962. The lowest BCUT2D eigenvalue weighted by Gasteiger charge is -2.38. The van der Waals surface area contributed by atoms with E-state index in [1.165, 1.54) is 5.56 Å². The number of methoxy groups -OCH3 is 1. The van der Waals surface area contributed by atoms with Crippen molar-refractivity contribution < 1.29 is 9.47 Å². The second-order valence-electron chi connectivity index (χ2n) is 4.79. The molecule has 1 aliphatic rings. The summed E-state index contributed by atoms with van der Waals surface area (Å²) in [5.41, 5.74) is 1.02. The first-order chi connectivity index (χ1) is 7.57. The van der Waals surface area contributed by atoms with Crippen LogP contribution in [0.25, 0.3) is 0 Å². The first-order valence-corrected chi connectivity index (χ1v) is 5.60. The Hall–Kier alpha value is -1.22. The van der Waals surface area contributed by atoms with Gasteiger partial charge in [-0.1, -0.05) is 12.1 Å². The van der Waals surface area contributed by atoms with E-state index in [1.54, 1.807) is 7.11 Å². The van der Waals surface area contributed by atoms with E-state index in [0.29, 0.717) is 6.04 Å². The summed E-state index contributed by atoms with van der Waals surface area (Å²) in [5.74, 6) is 1.69. The highest BCUT2D eigenvalue weighted by Gasteiger charge is 2.34. The lowest BCUT2D eigenvalue weighted by atomic mass is 9.89. The minimum Gasteiger partial charge on any atom is -0.493 e. The van der Waals surface area contributed by atoms with Crippen molar-refractivity contribution in [3.63, 3.8) is 0 Å². The van der Waals surface area contributed by atoms with Crippen LogP contribution >= 0.6 is 0 Å². The molecule has 1 aromatic carbocycles. The molecular formula is C13H19NO2. The normalized spacial score (nSPS) is 22.1. The summed E-state index contributed by atoms with van der Waals surface area (Å²) in [6.45, 7) is 4.21. The summed E-state index contributed by atoms with van der Waals surface area (Å²) in [5, 5.41) is 3.33. The number of fused-ring (bicyclic) bond motifs is 1. The monoisotopic (exact) mass is 221 g/mol. The van der Waals surface area contributed by atoms with Crippen molar-refractivity contribution in [3.8, 4) is 11.5 Å². The fraction of sp³-hybridized carbons (Fsp3) is 0.538. The van der Waals surface area contributed by atoms with E-state index in [2.05, 4.69) is 25.2 Å². The summed E-state index contributed by atoms with van der Waals surface area (Å²) in [4.78, 5) is 0. The Labute approximate surface area is 96.8 Å². The summed E-state index contributed by atoms with van der Waals surface area (Å²) in [6, 6.07) is 6.36. The minimum atomic E-state index is -0.157. The molecule has 0 aromatic heterocycles. The molecule has 88 valence electrons. The molecule has 0 amide bonds. The van der Waals surface area contributed by atoms with Gasteiger partial charge in [0.05, 0.1) is 7.11 Å². The molecule has 1 atom stereocenters. The molecule has 1 aliphatic heterocycles. The molecule has 1 aromatic rings. The van der Waals surface area contributed by atoms with Gasteiger partial charge in [0.15, 0.2) is 11.5 Å². The fourth-order valence-corrected chi connectivity index (χ4v) is 2.25. The third-order valence-electron chi connectivity index (χ3n) is 3.03. The van der Waals surface area contributed by atoms with Crippen LogP contribution in [0.1, 0.15) is 31.9 Å². The average molecular weight is 221 g/mol. The Morgan fingerprint density at radius 2 is 2.19 bits per heavy atom. The molecule has 0 saturated carbocycles. The molecule has 1 unspecified atom stereocenters. The van der Waals surface area contributed by atoms with Gasteiger partial charge in [-0.05, 0) is 27.0 Å². The predicted molar refractivity (Wildman–Crippen MR) is 64.1 cm³/mol. The number of nitrogens with one attached hydrogen (secondary N) is 1. The molecule has 3 heteroatoms. The van der Waals surface area contributed by atoms with Crippen molar-refractivity contribution in [1.82, 2.24) is 5.32 Å². The van der Waals surface area contributed by atoms with Gasteiger partial charge in [-0.2, -0.15) is 0 Å². The molecule has 0 radical (unpaired) electrons. The highest BCUT2D eigenvalue weighted by atomic mass is 16.5. The van der Waals surface area contributed by atoms with E-state index < -0.39 is 0 Å². The number of rotatable bonds is 2. The highest BCUT2D eigenvalue weighted by Crippen LogP contribution is 2.44. The maximum atomic E-state index is 6.01. The van der Waals surface area contributed by atoms with Crippen LogP contribution < -0.4 is 14.8 Å². The first kappa shape index (κ1) is 11.3. The van der Waals surface area contributed by atoms with E-state index in [1.807, 2.05) is 19.2 Å². The van der Waals surface area contributed by atoms with Crippen LogP contribution in [0, 0.1) is 0 Å². The molecule has 2 rings (SSSR count). The SMILES string of the molecule is CNC1CC(C)(C)Oc2c(OC)cccc21. The maximum Gasteiger partial charge on any atom is 0.166 e. The van der Waals surface area contributed by atoms with Crippen molar-refractivity contribution >= 4 is 0 Å². The van der Waals surface area contributed by atoms with Gasteiger partial charge in [-0.3, -0.25) is 0 Å². The Bertz CT molecular complexity index is 388. The number of hydrogen-bond acceptors (Lipinski definition) is 3. The Morgan fingerprint density at radius 1 is 1.44 bits per heavy atom. The Kier molecular flexibility index (Phi) is 2.80. The molecule has 1 heterocycles. The molecule has 16 heavy (non-hydrogen) atoms. The van der Waals surface area contributed by atoms with Crippen LogP contribution in [0.4, 0.5) is 0 Å². The smallest absolute Gasteiger partial charge is 0.166 e. The Morgan fingerprint density at radius 3 is 2.81 bits per heavy atom. The van der Waals surface area contributed by atoms with Crippen LogP contribution in [0.15, 0.2) is 18.2 Å². The van der Waals surface area contributed by atoms with Crippen molar-refractivity contribution in [2.75, 3.05) is 14.2 Å². The summed E-state index contributed by atoms with van der Waals surface area (Å²) in [7, 11) is 3.66. The first-order valence-electron chi connectivity index (χ1n) is 5.60. The molecule has 0 saturated heterocycles. The van der Waals surface area contributed by atoms with Gasteiger partial charge in [0, 0.05) is 18.0 Å². The van der Waals surface area contributed by atoms with Crippen LogP contribution in [0.3, 0.4) is 0 Å². The van der Waals surface area contributed by atoms with Gasteiger partial charge in [0.1, 0.15) is 5.60 Å². The largest absolute Gasteiger partial charge is 0.493 e. The molecule has 1 N–H and O–H groups in total. The van der Waals surface area contributed by atoms with Crippen LogP contribution in [-0.2, 0) is 0 Å². The minimum absolute atomic E-state index is 0.157.